The van der Waals surface area contributed by atoms with Gasteiger partial charge in [0.1, 0.15) is 5.76 Å². The van der Waals surface area contributed by atoms with Crippen LogP contribution in [-0.4, -0.2) is 11.1 Å². The Hall–Kier alpha value is -2.10. The predicted molar refractivity (Wildman–Crippen MR) is 95.8 cm³/mol. The lowest BCUT2D eigenvalue weighted by Crippen LogP contribution is -2.26. The van der Waals surface area contributed by atoms with Crippen molar-refractivity contribution in [1.29, 1.82) is 0 Å². The van der Waals surface area contributed by atoms with Crippen LogP contribution in [0.1, 0.15) is 61.4 Å². The van der Waals surface area contributed by atoms with Gasteiger partial charge in [0.25, 0.3) is 0 Å². The molecule has 4 heteroatoms. The SMILES string of the molecule is Cc1noc(C)c1CCC(=O)NC(C)c1ccc(CC(C)C)cc1. The summed E-state index contributed by atoms with van der Waals surface area (Å²) in [7, 11) is 0. The monoisotopic (exact) mass is 328 g/mol. The largest absolute Gasteiger partial charge is 0.361 e. The Balaban J connectivity index is 1.87. The molecule has 4 nitrogen and oxygen atoms in total. The smallest absolute Gasteiger partial charge is 0.220 e. The van der Waals surface area contributed by atoms with Gasteiger partial charge in [-0.2, -0.15) is 0 Å². The average molecular weight is 328 g/mol. The van der Waals surface area contributed by atoms with Crippen molar-refractivity contribution < 1.29 is 9.32 Å². The van der Waals surface area contributed by atoms with Crippen LogP contribution in [0, 0.1) is 19.8 Å². The average Bonchev–Trinajstić information content (AvgIpc) is 2.84. The third-order valence-corrected chi connectivity index (χ3v) is 4.28. The van der Waals surface area contributed by atoms with Crippen LogP contribution in [0.2, 0.25) is 0 Å². The number of nitrogens with zero attached hydrogens (tertiary/aromatic N) is 1. The third kappa shape index (κ3) is 4.95. The Morgan fingerprint density at radius 1 is 1.17 bits per heavy atom. The summed E-state index contributed by atoms with van der Waals surface area (Å²) >= 11 is 0. The van der Waals surface area contributed by atoms with E-state index in [4.69, 9.17) is 4.52 Å². The van der Waals surface area contributed by atoms with Crippen molar-refractivity contribution in [3.05, 3.63) is 52.4 Å². The highest BCUT2D eigenvalue weighted by molar-refractivity contribution is 5.76. The summed E-state index contributed by atoms with van der Waals surface area (Å²) in [6.07, 6.45) is 2.18. The molecule has 0 spiro atoms. The number of rotatable bonds is 7. The van der Waals surface area contributed by atoms with Crippen molar-refractivity contribution in [2.45, 2.75) is 59.9 Å². The van der Waals surface area contributed by atoms with E-state index in [0.29, 0.717) is 18.8 Å². The molecule has 130 valence electrons. The van der Waals surface area contributed by atoms with E-state index in [1.807, 2.05) is 20.8 Å². The van der Waals surface area contributed by atoms with Gasteiger partial charge in [0.15, 0.2) is 0 Å². The molecule has 2 rings (SSSR count). The lowest BCUT2D eigenvalue weighted by molar-refractivity contribution is -0.121. The Labute approximate surface area is 144 Å². The number of nitrogens with one attached hydrogen (secondary N) is 1. The predicted octanol–water partition coefficient (Wildman–Crippen LogP) is 4.30. The highest BCUT2D eigenvalue weighted by Gasteiger charge is 2.13. The second kappa shape index (κ2) is 8.13. The molecule has 0 fully saturated rings. The van der Waals surface area contributed by atoms with E-state index in [1.54, 1.807) is 0 Å². The van der Waals surface area contributed by atoms with Crippen LogP contribution in [0.25, 0.3) is 0 Å². The van der Waals surface area contributed by atoms with Crippen LogP contribution in [0.4, 0.5) is 0 Å². The van der Waals surface area contributed by atoms with E-state index in [-0.39, 0.29) is 11.9 Å². The van der Waals surface area contributed by atoms with Gasteiger partial charge in [-0.1, -0.05) is 43.3 Å². The molecule has 0 aliphatic carbocycles. The zero-order chi connectivity index (χ0) is 17.7. The number of amides is 1. The maximum atomic E-state index is 12.2. The molecule has 0 aliphatic heterocycles. The zero-order valence-electron chi connectivity index (χ0n) is 15.3. The highest BCUT2D eigenvalue weighted by Crippen LogP contribution is 2.17. The number of carbonyl (C=O) groups excluding carboxylic acids is 1. The summed E-state index contributed by atoms with van der Waals surface area (Å²) in [5.74, 6) is 1.50. The number of aromatic nitrogens is 1. The van der Waals surface area contributed by atoms with Crippen molar-refractivity contribution in [3.8, 4) is 0 Å². The van der Waals surface area contributed by atoms with Crippen LogP contribution in [0.15, 0.2) is 28.8 Å². The molecule has 0 radical (unpaired) electrons. The third-order valence-electron chi connectivity index (χ3n) is 4.28. The summed E-state index contributed by atoms with van der Waals surface area (Å²) in [5, 5.41) is 6.99. The fourth-order valence-corrected chi connectivity index (χ4v) is 2.91. The number of hydrogen-bond acceptors (Lipinski definition) is 3. The van der Waals surface area contributed by atoms with E-state index < -0.39 is 0 Å². The molecule has 0 saturated heterocycles. The van der Waals surface area contributed by atoms with E-state index in [1.165, 1.54) is 5.56 Å². The minimum atomic E-state index is 0.00951. The molecule has 1 aromatic heterocycles. The molecular weight excluding hydrogens is 300 g/mol. The van der Waals surface area contributed by atoms with E-state index in [2.05, 4.69) is 48.6 Å². The molecule has 0 saturated carbocycles. The van der Waals surface area contributed by atoms with Gasteiger partial charge >= 0.3 is 0 Å². The Kier molecular flexibility index (Phi) is 6.18. The molecule has 1 amide bonds. The van der Waals surface area contributed by atoms with Crippen molar-refractivity contribution in [1.82, 2.24) is 10.5 Å². The zero-order valence-corrected chi connectivity index (χ0v) is 15.3. The first-order chi connectivity index (χ1) is 11.4. The minimum Gasteiger partial charge on any atom is -0.361 e. The van der Waals surface area contributed by atoms with Gasteiger partial charge < -0.3 is 9.84 Å². The summed E-state index contributed by atoms with van der Waals surface area (Å²) < 4.78 is 5.13. The van der Waals surface area contributed by atoms with Gasteiger partial charge in [-0.25, -0.2) is 0 Å². The topological polar surface area (TPSA) is 55.1 Å². The fraction of sp³-hybridized carbons (Fsp3) is 0.500. The number of hydrogen-bond donors (Lipinski definition) is 1. The molecule has 24 heavy (non-hydrogen) atoms. The standard InChI is InChI=1S/C20H28N2O2/c1-13(2)12-17-6-8-18(9-7-17)14(3)21-20(23)11-10-19-15(4)22-24-16(19)5/h6-9,13-14H,10-12H2,1-5H3,(H,21,23). The Morgan fingerprint density at radius 3 is 2.38 bits per heavy atom. The summed E-state index contributed by atoms with van der Waals surface area (Å²) in [6, 6.07) is 8.53. The van der Waals surface area contributed by atoms with Gasteiger partial charge in [-0.05, 0) is 50.7 Å². The fourth-order valence-electron chi connectivity index (χ4n) is 2.91. The van der Waals surface area contributed by atoms with Gasteiger partial charge in [0, 0.05) is 12.0 Å². The maximum Gasteiger partial charge on any atom is 0.220 e. The molecular formula is C20H28N2O2. The van der Waals surface area contributed by atoms with Crippen LogP contribution in [-0.2, 0) is 17.6 Å². The summed E-state index contributed by atoms with van der Waals surface area (Å²) in [4.78, 5) is 12.2. The second-order valence-electron chi connectivity index (χ2n) is 6.93. The molecule has 1 unspecified atom stereocenters. The van der Waals surface area contributed by atoms with E-state index in [9.17, 15) is 4.79 Å². The van der Waals surface area contributed by atoms with Crippen molar-refractivity contribution in [2.75, 3.05) is 0 Å². The second-order valence-corrected chi connectivity index (χ2v) is 6.93. The maximum absolute atomic E-state index is 12.2. The molecule has 1 N–H and O–H groups in total. The van der Waals surface area contributed by atoms with Gasteiger partial charge in [0.2, 0.25) is 5.91 Å². The number of aryl methyl sites for hydroxylation is 2. The quantitative estimate of drug-likeness (QED) is 0.824. The van der Waals surface area contributed by atoms with Crippen molar-refractivity contribution >= 4 is 5.91 Å². The molecule has 0 aliphatic rings. The number of carbonyl (C=O) groups is 1. The van der Waals surface area contributed by atoms with Crippen LogP contribution in [0.5, 0.6) is 0 Å². The molecule has 1 atom stereocenters. The molecule has 2 aromatic rings. The van der Waals surface area contributed by atoms with Crippen molar-refractivity contribution in [2.24, 2.45) is 5.92 Å². The number of benzene rings is 1. The first kappa shape index (κ1) is 18.2. The van der Waals surface area contributed by atoms with Gasteiger partial charge in [0.05, 0.1) is 11.7 Å². The van der Waals surface area contributed by atoms with Crippen LogP contribution < -0.4 is 5.32 Å². The van der Waals surface area contributed by atoms with Gasteiger partial charge in [-0.15, -0.1) is 0 Å². The highest BCUT2D eigenvalue weighted by atomic mass is 16.5. The van der Waals surface area contributed by atoms with E-state index >= 15 is 0 Å². The molecule has 1 heterocycles. The Morgan fingerprint density at radius 2 is 1.83 bits per heavy atom. The van der Waals surface area contributed by atoms with Crippen LogP contribution >= 0.6 is 0 Å². The first-order valence-electron chi connectivity index (χ1n) is 8.66. The van der Waals surface area contributed by atoms with Crippen molar-refractivity contribution in [3.63, 3.8) is 0 Å². The van der Waals surface area contributed by atoms with E-state index in [0.717, 1.165) is 29.0 Å². The lowest BCUT2D eigenvalue weighted by atomic mass is 10.00. The normalized spacial score (nSPS) is 12.4. The minimum absolute atomic E-state index is 0.00951. The first-order valence-corrected chi connectivity index (χ1v) is 8.66. The molecule has 0 bridgehead atoms. The molecule has 1 aromatic carbocycles. The summed E-state index contributed by atoms with van der Waals surface area (Å²) in [6.45, 7) is 10.2. The Bertz CT molecular complexity index is 652. The summed E-state index contributed by atoms with van der Waals surface area (Å²) in [5.41, 5.74) is 4.38. The lowest BCUT2D eigenvalue weighted by Gasteiger charge is -2.15. The van der Waals surface area contributed by atoms with Crippen LogP contribution in [0.3, 0.4) is 0 Å². The van der Waals surface area contributed by atoms with Gasteiger partial charge in [-0.3, -0.25) is 4.79 Å².